The number of aliphatic hydroxyl groups is 1. The van der Waals surface area contributed by atoms with Crippen LogP contribution >= 0.6 is 0 Å². The summed E-state index contributed by atoms with van der Waals surface area (Å²) < 4.78 is 4.46. The number of nitrogens with zero attached hydrogens (tertiary/aromatic N) is 4. The zero-order chi connectivity index (χ0) is 18.1. The molecule has 2 aromatic rings. The Morgan fingerprint density at radius 1 is 1.28 bits per heavy atom. The first-order valence-corrected chi connectivity index (χ1v) is 9.03. The summed E-state index contributed by atoms with van der Waals surface area (Å²) in [6, 6.07) is 0. The highest BCUT2D eigenvalue weighted by Gasteiger charge is 2.25. The number of piperidine rings is 1. The topological polar surface area (TPSA) is 86.5 Å². The molecule has 2 N–H and O–H groups in total. The van der Waals surface area contributed by atoms with Crippen LogP contribution in [0.2, 0.25) is 0 Å². The molecule has 3 rings (SSSR count). The molecular formula is C17H28N5O3+. The van der Waals surface area contributed by atoms with Crippen molar-refractivity contribution in [2.75, 3.05) is 19.7 Å². The van der Waals surface area contributed by atoms with Gasteiger partial charge in [-0.1, -0.05) is 6.92 Å². The number of rotatable bonds is 5. The monoisotopic (exact) mass is 350 g/mol. The number of nitrogens with one attached hydrogen (secondary N) is 1. The highest BCUT2D eigenvalue weighted by atomic mass is 16.3. The maximum Gasteiger partial charge on any atom is 0.332 e. The lowest BCUT2D eigenvalue weighted by Gasteiger charge is -2.27. The average molecular weight is 350 g/mol. The lowest BCUT2D eigenvalue weighted by atomic mass is 10.0. The van der Waals surface area contributed by atoms with Crippen LogP contribution in [-0.2, 0) is 27.2 Å². The number of hydrogen-bond acceptors (Lipinski definition) is 4. The smallest absolute Gasteiger partial charge is 0.332 e. The predicted molar refractivity (Wildman–Crippen MR) is 94.7 cm³/mol. The van der Waals surface area contributed by atoms with Crippen LogP contribution in [0.4, 0.5) is 0 Å². The van der Waals surface area contributed by atoms with Gasteiger partial charge in [0.2, 0.25) is 0 Å². The Kier molecular flexibility index (Phi) is 5.10. The fourth-order valence-corrected chi connectivity index (χ4v) is 3.88. The summed E-state index contributed by atoms with van der Waals surface area (Å²) in [5, 5.41) is 9.23. The van der Waals surface area contributed by atoms with Crippen molar-refractivity contribution in [3.8, 4) is 0 Å². The molecule has 0 radical (unpaired) electrons. The van der Waals surface area contributed by atoms with Crippen LogP contribution in [0.15, 0.2) is 9.59 Å². The summed E-state index contributed by atoms with van der Waals surface area (Å²) in [5.74, 6) is 1.52. The molecule has 0 amide bonds. The molecule has 1 unspecified atom stereocenters. The normalized spacial score (nSPS) is 21.1. The Bertz CT molecular complexity index is 879. The molecule has 0 aromatic carbocycles. The van der Waals surface area contributed by atoms with Crippen molar-refractivity contribution in [1.82, 2.24) is 18.7 Å². The van der Waals surface area contributed by atoms with E-state index in [4.69, 9.17) is 0 Å². The fraction of sp³-hybridized carbons (Fsp3) is 0.706. The molecule has 2 atom stereocenters. The first-order valence-electron chi connectivity index (χ1n) is 9.03. The number of hydrogen-bond donors (Lipinski definition) is 2. The van der Waals surface area contributed by atoms with Crippen molar-refractivity contribution >= 4 is 11.2 Å². The molecule has 2 aromatic heterocycles. The largest absolute Gasteiger partial charge is 0.396 e. The number of fused-ring (bicyclic) bond motifs is 1. The SMILES string of the molecule is C[C@@H]1CCC[NH+](Cc2nc3c(c(=O)n(C)c(=O)n3C)n2CCCO)C1. The number of imidazole rings is 1. The molecule has 1 aliphatic rings. The van der Waals surface area contributed by atoms with E-state index in [9.17, 15) is 14.7 Å². The van der Waals surface area contributed by atoms with E-state index in [2.05, 4.69) is 11.9 Å². The van der Waals surface area contributed by atoms with Crippen LogP contribution in [0.3, 0.4) is 0 Å². The molecule has 1 fully saturated rings. The molecular weight excluding hydrogens is 322 g/mol. The van der Waals surface area contributed by atoms with Gasteiger partial charge in [-0.15, -0.1) is 0 Å². The minimum atomic E-state index is -0.366. The highest BCUT2D eigenvalue weighted by Crippen LogP contribution is 2.12. The molecule has 1 aliphatic heterocycles. The minimum Gasteiger partial charge on any atom is -0.396 e. The number of likely N-dealkylation sites (tertiary alicyclic amines) is 1. The highest BCUT2D eigenvalue weighted by molar-refractivity contribution is 5.71. The molecule has 0 saturated carbocycles. The summed E-state index contributed by atoms with van der Waals surface area (Å²) in [6.45, 7) is 5.79. The van der Waals surface area contributed by atoms with Gasteiger partial charge in [0.15, 0.2) is 17.0 Å². The predicted octanol–water partition coefficient (Wildman–Crippen LogP) is -1.37. The van der Waals surface area contributed by atoms with E-state index in [1.807, 2.05) is 4.57 Å². The first kappa shape index (κ1) is 17.9. The summed E-state index contributed by atoms with van der Waals surface area (Å²) in [5.41, 5.74) is 0.203. The number of aromatic nitrogens is 4. The van der Waals surface area contributed by atoms with E-state index in [0.717, 1.165) is 30.0 Å². The third-order valence-corrected chi connectivity index (χ3v) is 5.24. The van der Waals surface area contributed by atoms with Gasteiger partial charge in [0.05, 0.1) is 13.1 Å². The lowest BCUT2D eigenvalue weighted by molar-refractivity contribution is -0.922. The Balaban J connectivity index is 2.10. The molecule has 0 spiro atoms. The third-order valence-electron chi connectivity index (χ3n) is 5.24. The molecule has 0 bridgehead atoms. The van der Waals surface area contributed by atoms with E-state index in [-0.39, 0.29) is 17.9 Å². The fourth-order valence-electron chi connectivity index (χ4n) is 3.88. The molecule has 138 valence electrons. The van der Waals surface area contributed by atoms with Crippen molar-refractivity contribution in [3.63, 3.8) is 0 Å². The Morgan fingerprint density at radius 2 is 2.04 bits per heavy atom. The summed E-state index contributed by atoms with van der Waals surface area (Å²) in [6.07, 6.45) is 3.02. The van der Waals surface area contributed by atoms with Crippen LogP contribution in [-0.4, -0.2) is 43.5 Å². The first-order chi connectivity index (χ1) is 11.9. The van der Waals surface area contributed by atoms with Crippen LogP contribution in [0.5, 0.6) is 0 Å². The standard InChI is InChI=1S/C17H27N5O3/c1-12-6-4-7-21(10-12)11-13-18-15-14(22(13)8-5-9-23)16(24)20(3)17(25)19(15)2/h12,23H,4-11H2,1-3H3/p+1/t12-/m1/s1. The van der Waals surface area contributed by atoms with Gasteiger partial charge in [-0.05, 0) is 19.3 Å². The van der Waals surface area contributed by atoms with E-state index < -0.39 is 0 Å². The van der Waals surface area contributed by atoms with Crippen molar-refractivity contribution in [3.05, 3.63) is 26.7 Å². The van der Waals surface area contributed by atoms with Gasteiger partial charge in [0.25, 0.3) is 5.56 Å². The van der Waals surface area contributed by atoms with Crippen molar-refractivity contribution in [2.45, 2.75) is 39.3 Å². The zero-order valence-electron chi connectivity index (χ0n) is 15.3. The zero-order valence-corrected chi connectivity index (χ0v) is 15.3. The second-order valence-corrected chi connectivity index (χ2v) is 7.26. The molecule has 0 aliphatic carbocycles. The number of aryl methyl sites for hydroxylation is 2. The van der Waals surface area contributed by atoms with Crippen molar-refractivity contribution in [2.24, 2.45) is 20.0 Å². The Hall–Kier alpha value is -1.93. The second kappa shape index (κ2) is 7.13. The third kappa shape index (κ3) is 3.28. The van der Waals surface area contributed by atoms with E-state index in [0.29, 0.717) is 30.0 Å². The van der Waals surface area contributed by atoms with Gasteiger partial charge in [0, 0.05) is 33.2 Å². The van der Waals surface area contributed by atoms with Gasteiger partial charge >= 0.3 is 5.69 Å². The Morgan fingerprint density at radius 3 is 2.72 bits per heavy atom. The Labute approximate surface area is 146 Å². The molecule has 25 heavy (non-hydrogen) atoms. The van der Waals surface area contributed by atoms with Gasteiger partial charge in [-0.25, -0.2) is 9.78 Å². The van der Waals surface area contributed by atoms with Gasteiger partial charge in [0.1, 0.15) is 6.54 Å². The quantitative estimate of drug-likeness (QED) is 0.697. The van der Waals surface area contributed by atoms with Crippen LogP contribution < -0.4 is 16.1 Å². The molecule has 3 heterocycles. The maximum atomic E-state index is 12.7. The van der Waals surface area contributed by atoms with Gasteiger partial charge in [-0.3, -0.25) is 13.9 Å². The van der Waals surface area contributed by atoms with Crippen LogP contribution in [0, 0.1) is 5.92 Å². The van der Waals surface area contributed by atoms with Gasteiger partial charge in [-0.2, -0.15) is 0 Å². The minimum absolute atomic E-state index is 0.0544. The molecule has 8 nitrogen and oxygen atoms in total. The van der Waals surface area contributed by atoms with Gasteiger partial charge < -0.3 is 14.6 Å². The van der Waals surface area contributed by atoms with Crippen LogP contribution in [0.25, 0.3) is 11.2 Å². The average Bonchev–Trinajstić information content (AvgIpc) is 2.94. The summed E-state index contributed by atoms with van der Waals surface area (Å²) >= 11 is 0. The summed E-state index contributed by atoms with van der Waals surface area (Å²) in [4.78, 5) is 31.0. The molecule has 8 heteroatoms. The molecule has 1 saturated heterocycles. The van der Waals surface area contributed by atoms with E-state index in [1.54, 1.807) is 7.05 Å². The number of aliphatic hydroxyl groups excluding tert-OH is 1. The van der Waals surface area contributed by atoms with E-state index in [1.165, 1.54) is 29.4 Å². The summed E-state index contributed by atoms with van der Waals surface area (Å²) in [7, 11) is 3.14. The maximum absolute atomic E-state index is 12.7. The van der Waals surface area contributed by atoms with Crippen LogP contribution in [0.1, 0.15) is 32.0 Å². The van der Waals surface area contributed by atoms with Crippen molar-refractivity contribution in [1.29, 1.82) is 0 Å². The van der Waals surface area contributed by atoms with E-state index >= 15 is 0 Å². The lowest BCUT2D eigenvalue weighted by Crippen LogP contribution is -3.12. The number of quaternary nitrogens is 1. The second-order valence-electron chi connectivity index (χ2n) is 7.26. The van der Waals surface area contributed by atoms with Crippen molar-refractivity contribution < 1.29 is 10.0 Å².